The summed E-state index contributed by atoms with van der Waals surface area (Å²) in [5.74, 6) is 1.34. The van der Waals surface area contributed by atoms with Crippen molar-refractivity contribution in [3.63, 3.8) is 0 Å². The normalized spacial score (nSPS) is 43.8. The lowest BCUT2D eigenvalue weighted by molar-refractivity contribution is -0.840. The van der Waals surface area contributed by atoms with Crippen LogP contribution in [0, 0.1) is 23.0 Å². The number of piperidine rings is 1. The molecule has 2 fully saturated rings. The fraction of sp³-hybridized carbons (Fsp3) is 0.875. The molecule has 0 radical (unpaired) electrons. The summed E-state index contributed by atoms with van der Waals surface area (Å²) in [5.41, 5.74) is 0. The number of hydrogen-bond acceptors (Lipinski definition) is 3. The number of carbonyl (C=O) groups excluding carboxylic acids is 1. The molecule has 0 bridgehead atoms. The van der Waals surface area contributed by atoms with Gasteiger partial charge in [-0.2, -0.15) is 0 Å². The minimum absolute atomic E-state index is 0.137. The Morgan fingerprint density at radius 1 is 1.58 bits per heavy atom. The molecule has 2 unspecified atom stereocenters. The van der Waals surface area contributed by atoms with Gasteiger partial charge in [-0.05, 0) is 5.92 Å². The summed E-state index contributed by atoms with van der Waals surface area (Å²) in [6.07, 6.45) is 0.513. The Balaban J connectivity index is 1.79. The smallest absolute Gasteiger partial charge is 0.305 e. The Kier molecular flexibility index (Phi) is 1.81. The van der Waals surface area contributed by atoms with Gasteiger partial charge < -0.3 is 15.0 Å². The van der Waals surface area contributed by atoms with Crippen molar-refractivity contribution in [1.29, 1.82) is 0 Å². The average molecular weight is 171 g/mol. The van der Waals surface area contributed by atoms with Crippen molar-refractivity contribution in [2.24, 2.45) is 17.8 Å². The van der Waals surface area contributed by atoms with Crippen LogP contribution in [0.3, 0.4) is 0 Å². The van der Waals surface area contributed by atoms with Crippen molar-refractivity contribution in [2.75, 3.05) is 20.2 Å². The number of fused-ring (bicyclic) bond motifs is 1. The summed E-state index contributed by atoms with van der Waals surface area (Å²) in [6, 6.07) is 0. The lowest BCUT2D eigenvalue weighted by atomic mass is 10.2. The van der Waals surface area contributed by atoms with Gasteiger partial charge in [-0.3, -0.25) is 4.79 Å². The molecule has 68 valence electrons. The van der Waals surface area contributed by atoms with Crippen LogP contribution in [0.4, 0.5) is 0 Å². The van der Waals surface area contributed by atoms with Gasteiger partial charge in [0.25, 0.3) is 0 Å². The SMILES string of the molecule is COC(=O)CC1[C@H]2C[NH+]([O-])C[C@@H]12. The minimum Gasteiger partial charge on any atom is -0.634 e. The van der Waals surface area contributed by atoms with Crippen molar-refractivity contribution in [2.45, 2.75) is 6.42 Å². The van der Waals surface area contributed by atoms with E-state index in [1.54, 1.807) is 0 Å². The lowest BCUT2D eigenvalue weighted by Gasteiger charge is -2.18. The quantitative estimate of drug-likeness (QED) is 0.420. The molecule has 1 aliphatic heterocycles. The molecule has 1 N–H and O–H groups in total. The Morgan fingerprint density at radius 2 is 2.17 bits per heavy atom. The molecule has 0 aromatic carbocycles. The number of rotatable bonds is 2. The molecule has 4 nitrogen and oxygen atoms in total. The molecular weight excluding hydrogens is 158 g/mol. The molecule has 4 atom stereocenters. The van der Waals surface area contributed by atoms with E-state index < -0.39 is 0 Å². The van der Waals surface area contributed by atoms with Crippen LogP contribution in [-0.4, -0.2) is 26.2 Å². The number of ether oxygens (including phenoxy) is 1. The molecule has 4 heteroatoms. The largest absolute Gasteiger partial charge is 0.634 e. The number of nitrogens with one attached hydrogen (secondary N) is 1. The van der Waals surface area contributed by atoms with Crippen molar-refractivity contribution >= 4 is 5.97 Å². The maximum Gasteiger partial charge on any atom is 0.305 e. The van der Waals surface area contributed by atoms with Crippen molar-refractivity contribution in [3.05, 3.63) is 5.21 Å². The molecular formula is C8H13NO3. The Labute approximate surface area is 71.1 Å². The predicted molar refractivity (Wildman–Crippen MR) is 41.2 cm³/mol. The molecule has 0 spiro atoms. The van der Waals surface area contributed by atoms with Gasteiger partial charge in [-0.25, -0.2) is 0 Å². The third-order valence-electron chi connectivity index (χ3n) is 3.07. The van der Waals surface area contributed by atoms with Crippen LogP contribution in [0.25, 0.3) is 0 Å². The van der Waals surface area contributed by atoms with Crippen LogP contribution in [-0.2, 0) is 9.53 Å². The van der Waals surface area contributed by atoms with E-state index in [1.165, 1.54) is 7.11 Å². The number of quaternary nitrogens is 1. The number of methoxy groups -OCH3 is 1. The van der Waals surface area contributed by atoms with Gasteiger partial charge in [-0.15, -0.1) is 0 Å². The van der Waals surface area contributed by atoms with E-state index in [2.05, 4.69) is 4.74 Å². The van der Waals surface area contributed by atoms with E-state index in [0.29, 0.717) is 42.3 Å². The first-order chi connectivity index (χ1) is 5.72. The van der Waals surface area contributed by atoms with Crippen LogP contribution in [0.1, 0.15) is 6.42 Å². The molecule has 1 heterocycles. The summed E-state index contributed by atoms with van der Waals surface area (Å²) < 4.78 is 4.57. The van der Waals surface area contributed by atoms with Gasteiger partial charge in [0.1, 0.15) is 0 Å². The Morgan fingerprint density at radius 3 is 2.67 bits per heavy atom. The molecule has 1 aliphatic carbocycles. The highest BCUT2D eigenvalue weighted by Crippen LogP contribution is 2.49. The first-order valence-electron chi connectivity index (χ1n) is 4.31. The first kappa shape index (κ1) is 8.01. The topological polar surface area (TPSA) is 53.8 Å². The average Bonchev–Trinajstić information content (AvgIpc) is 2.51. The zero-order valence-electron chi connectivity index (χ0n) is 7.08. The van der Waals surface area contributed by atoms with E-state index in [0.717, 1.165) is 0 Å². The van der Waals surface area contributed by atoms with Crippen LogP contribution >= 0.6 is 0 Å². The fourth-order valence-electron chi connectivity index (χ4n) is 2.32. The van der Waals surface area contributed by atoms with Gasteiger partial charge in [-0.1, -0.05) is 0 Å². The summed E-state index contributed by atoms with van der Waals surface area (Å²) in [5, 5.41) is 11.2. The summed E-state index contributed by atoms with van der Waals surface area (Å²) in [4.78, 5) is 10.9. The molecule has 2 rings (SSSR count). The highest BCUT2D eigenvalue weighted by atomic mass is 16.5. The summed E-state index contributed by atoms with van der Waals surface area (Å²) >= 11 is 0. The zero-order chi connectivity index (χ0) is 8.72. The van der Waals surface area contributed by atoms with Gasteiger partial charge in [0.2, 0.25) is 0 Å². The zero-order valence-corrected chi connectivity index (χ0v) is 7.08. The summed E-state index contributed by atoms with van der Waals surface area (Å²) in [6.45, 7) is 1.40. The number of hydrogen-bond donors (Lipinski definition) is 1. The second-order valence-corrected chi connectivity index (χ2v) is 3.72. The first-order valence-corrected chi connectivity index (χ1v) is 4.31. The molecule has 2 aliphatic rings. The molecule has 0 amide bonds. The molecule has 0 aromatic rings. The Hall–Kier alpha value is -0.610. The van der Waals surface area contributed by atoms with Crippen LogP contribution in [0.5, 0.6) is 0 Å². The van der Waals surface area contributed by atoms with E-state index >= 15 is 0 Å². The molecule has 0 aromatic heterocycles. The van der Waals surface area contributed by atoms with Crippen molar-refractivity contribution in [3.8, 4) is 0 Å². The maximum atomic E-state index is 10.9. The summed E-state index contributed by atoms with van der Waals surface area (Å²) in [7, 11) is 1.41. The van der Waals surface area contributed by atoms with Crippen molar-refractivity contribution in [1.82, 2.24) is 0 Å². The van der Waals surface area contributed by atoms with Crippen LogP contribution in [0.2, 0.25) is 0 Å². The van der Waals surface area contributed by atoms with Gasteiger partial charge in [0, 0.05) is 18.3 Å². The fourth-order valence-corrected chi connectivity index (χ4v) is 2.32. The standard InChI is InChI=1S/C8H13NO3/c1-12-8(10)2-5-6-3-9(11)4-7(5)6/h5-7,9H,2-4H2,1H3/t5?,6-,7+. The van der Waals surface area contributed by atoms with E-state index in [4.69, 9.17) is 0 Å². The van der Waals surface area contributed by atoms with Gasteiger partial charge in [0.05, 0.1) is 20.2 Å². The van der Waals surface area contributed by atoms with Crippen LogP contribution < -0.4 is 5.06 Å². The molecule has 1 saturated carbocycles. The number of hydroxylamine groups is 2. The van der Waals surface area contributed by atoms with E-state index in [9.17, 15) is 10.0 Å². The third kappa shape index (κ3) is 1.21. The number of carbonyl (C=O) groups is 1. The third-order valence-corrected chi connectivity index (χ3v) is 3.07. The van der Waals surface area contributed by atoms with E-state index in [1.807, 2.05) is 0 Å². The second-order valence-electron chi connectivity index (χ2n) is 3.72. The maximum absolute atomic E-state index is 10.9. The molecule has 1 saturated heterocycles. The van der Waals surface area contributed by atoms with Crippen molar-refractivity contribution < 1.29 is 14.6 Å². The highest BCUT2D eigenvalue weighted by molar-refractivity contribution is 5.70. The lowest BCUT2D eigenvalue weighted by Crippen LogP contribution is -3.06. The van der Waals surface area contributed by atoms with E-state index in [-0.39, 0.29) is 5.97 Å². The Bertz CT molecular complexity index is 194. The molecule has 12 heavy (non-hydrogen) atoms. The van der Waals surface area contributed by atoms with Gasteiger partial charge >= 0.3 is 5.97 Å². The monoisotopic (exact) mass is 171 g/mol. The second kappa shape index (κ2) is 2.71. The predicted octanol–water partition coefficient (Wildman–Crippen LogP) is -1.19. The number of esters is 1. The minimum atomic E-state index is -0.137. The van der Waals surface area contributed by atoms with Gasteiger partial charge in [0.15, 0.2) is 0 Å². The van der Waals surface area contributed by atoms with Crippen LogP contribution in [0.15, 0.2) is 0 Å². The highest BCUT2D eigenvalue weighted by Gasteiger charge is 2.57.